The zero-order valence-electron chi connectivity index (χ0n) is 14.8. The van der Waals surface area contributed by atoms with Gasteiger partial charge in [0.15, 0.2) is 0 Å². The Hall–Kier alpha value is -2.08. The van der Waals surface area contributed by atoms with Gasteiger partial charge in [0.05, 0.1) is 0 Å². The highest BCUT2D eigenvalue weighted by Crippen LogP contribution is 2.36. The van der Waals surface area contributed by atoms with Crippen LogP contribution in [0.3, 0.4) is 0 Å². The fourth-order valence-electron chi connectivity index (χ4n) is 3.93. The van der Waals surface area contributed by atoms with Crippen LogP contribution in [0, 0.1) is 6.92 Å². The molecule has 6 nitrogen and oxygen atoms in total. The van der Waals surface area contributed by atoms with Gasteiger partial charge in [-0.1, -0.05) is 30.5 Å². The zero-order valence-corrected chi connectivity index (χ0v) is 14.8. The van der Waals surface area contributed by atoms with E-state index in [9.17, 15) is 14.7 Å². The number of nitrogens with zero attached hydrogens (tertiary/aromatic N) is 1. The van der Waals surface area contributed by atoms with Crippen LogP contribution in [0.15, 0.2) is 24.3 Å². The summed E-state index contributed by atoms with van der Waals surface area (Å²) in [5.74, 6) is -0.184. The standard InChI is InChI=1S/C19H27N3O3/c1-14-4-6-15(7-5-14)21-19(9-2-3-10-19)18(25)22-12-11-20-17(24)16(22)8-13-23/h4-7,16,21,23H,2-3,8-13H2,1H3,(H,20,24)/t16-/m1/s1. The van der Waals surface area contributed by atoms with E-state index in [1.54, 1.807) is 4.90 Å². The highest BCUT2D eigenvalue weighted by atomic mass is 16.3. The summed E-state index contributed by atoms with van der Waals surface area (Å²) >= 11 is 0. The molecule has 0 radical (unpaired) electrons. The van der Waals surface area contributed by atoms with Crippen molar-refractivity contribution >= 4 is 17.5 Å². The number of aliphatic hydroxyl groups is 1. The van der Waals surface area contributed by atoms with Gasteiger partial charge in [-0.15, -0.1) is 0 Å². The maximum atomic E-state index is 13.4. The molecule has 1 aromatic rings. The van der Waals surface area contributed by atoms with Crippen LogP contribution in [0.4, 0.5) is 5.69 Å². The summed E-state index contributed by atoms with van der Waals surface area (Å²) in [7, 11) is 0. The van der Waals surface area contributed by atoms with Gasteiger partial charge in [-0.3, -0.25) is 9.59 Å². The molecule has 0 spiro atoms. The Morgan fingerprint density at radius 2 is 2.00 bits per heavy atom. The SMILES string of the molecule is Cc1ccc(NC2(C(=O)N3CCNC(=O)[C@H]3CCO)CCCC2)cc1. The van der Waals surface area contributed by atoms with Gasteiger partial charge < -0.3 is 20.6 Å². The normalized spacial score (nSPS) is 22.6. The van der Waals surface area contributed by atoms with E-state index in [-0.39, 0.29) is 24.8 Å². The molecule has 1 saturated carbocycles. The molecule has 25 heavy (non-hydrogen) atoms. The molecule has 2 amide bonds. The summed E-state index contributed by atoms with van der Waals surface area (Å²) in [6, 6.07) is 7.47. The molecule has 1 saturated heterocycles. The third kappa shape index (κ3) is 3.63. The van der Waals surface area contributed by atoms with Crippen molar-refractivity contribution in [1.82, 2.24) is 10.2 Å². The van der Waals surface area contributed by atoms with Crippen LogP contribution in [0.2, 0.25) is 0 Å². The number of nitrogens with one attached hydrogen (secondary N) is 2. The summed E-state index contributed by atoms with van der Waals surface area (Å²) in [6.07, 6.45) is 3.80. The molecule has 1 heterocycles. The minimum Gasteiger partial charge on any atom is -0.396 e. The van der Waals surface area contributed by atoms with Crippen molar-refractivity contribution in [2.24, 2.45) is 0 Å². The second-order valence-corrected chi connectivity index (χ2v) is 7.10. The monoisotopic (exact) mass is 345 g/mol. The van der Waals surface area contributed by atoms with E-state index in [1.165, 1.54) is 5.56 Å². The van der Waals surface area contributed by atoms with Gasteiger partial charge in [-0.2, -0.15) is 0 Å². The van der Waals surface area contributed by atoms with E-state index in [0.717, 1.165) is 31.4 Å². The van der Waals surface area contributed by atoms with E-state index in [0.29, 0.717) is 13.1 Å². The molecular weight excluding hydrogens is 318 g/mol. The summed E-state index contributed by atoms with van der Waals surface area (Å²) < 4.78 is 0. The van der Waals surface area contributed by atoms with Crippen molar-refractivity contribution in [3.63, 3.8) is 0 Å². The summed E-state index contributed by atoms with van der Waals surface area (Å²) in [5, 5.41) is 15.6. The first-order valence-corrected chi connectivity index (χ1v) is 9.10. The van der Waals surface area contributed by atoms with Crippen LogP contribution in [0.25, 0.3) is 0 Å². The smallest absolute Gasteiger partial charge is 0.248 e. The van der Waals surface area contributed by atoms with Gasteiger partial charge in [0.2, 0.25) is 11.8 Å². The maximum Gasteiger partial charge on any atom is 0.248 e. The summed E-state index contributed by atoms with van der Waals surface area (Å²) in [4.78, 5) is 27.3. The molecule has 2 fully saturated rings. The molecule has 1 aliphatic carbocycles. The van der Waals surface area contributed by atoms with E-state index in [2.05, 4.69) is 10.6 Å². The number of anilines is 1. The average Bonchev–Trinajstić information content (AvgIpc) is 3.08. The highest BCUT2D eigenvalue weighted by Gasteiger charge is 2.46. The molecule has 0 unspecified atom stereocenters. The maximum absolute atomic E-state index is 13.4. The Kier molecular flexibility index (Phi) is 5.27. The number of rotatable bonds is 5. The molecule has 1 aromatic carbocycles. The van der Waals surface area contributed by atoms with Crippen molar-refractivity contribution in [1.29, 1.82) is 0 Å². The van der Waals surface area contributed by atoms with Crippen molar-refractivity contribution < 1.29 is 14.7 Å². The van der Waals surface area contributed by atoms with Crippen LogP contribution in [-0.2, 0) is 9.59 Å². The number of benzene rings is 1. The fourth-order valence-corrected chi connectivity index (χ4v) is 3.93. The molecule has 3 N–H and O–H groups in total. The van der Waals surface area contributed by atoms with Gasteiger partial charge in [-0.25, -0.2) is 0 Å². The highest BCUT2D eigenvalue weighted by molar-refractivity contribution is 5.95. The van der Waals surface area contributed by atoms with Crippen molar-refractivity contribution in [3.05, 3.63) is 29.8 Å². The summed E-state index contributed by atoms with van der Waals surface area (Å²) in [5.41, 5.74) is 1.45. The molecule has 1 aliphatic heterocycles. The van der Waals surface area contributed by atoms with E-state index >= 15 is 0 Å². The second kappa shape index (κ2) is 7.44. The summed E-state index contributed by atoms with van der Waals surface area (Å²) in [6.45, 7) is 2.88. The largest absolute Gasteiger partial charge is 0.396 e. The lowest BCUT2D eigenvalue weighted by Crippen LogP contribution is -2.63. The van der Waals surface area contributed by atoms with Gasteiger partial charge in [0.25, 0.3) is 0 Å². The molecule has 0 aromatic heterocycles. The fraction of sp³-hybridized carbons (Fsp3) is 0.579. The number of carbonyl (C=O) groups is 2. The number of aliphatic hydroxyl groups excluding tert-OH is 1. The Labute approximate surface area is 148 Å². The van der Waals surface area contributed by atoms with Gasteiger partial charge in [0, 0.05) is 25.4 Å². The number of amides is 2. The first-order chi connectivity index (χ1) is 12.1. The number of hydrogen-bond donors (Lipinski definition) is 3. The topological polar surface area (TPSA) is 81.7 Å². The van der Waals surface area contributed by atoms with E-state index in [4.69, 9.17) is 0 Å². The molecule has 0 bridgehead atoms. The van der Waals surface area contributed by atoms with E-state index in [1.807, 2.05) is 31.2 Å². The van der Waals surface area contributed by atoms with Crippen LogP contribution < -0.4 is 10.6 Å². The lowest BCUT2D eigenvalue weighted by atomic mass is 9.92. The average molecular weight is 345 g/mol. The first-order valence-electron chi connectivity index (χ1n) is 9.10. The molecule has 6 heteroatoms. The zero-order chi connectivity index (χ0) is 17.9. The minimum atomic E-state index is -0.652. The van der Waals surface area contributed by atoms with Gasteiger partial charge in [-0.05, 0) is 38.3 Å². The molecule has 2 aliphatic rings. The number of piperazine rings is 1. The lowest BCUT2D eigenvalue weighted by Gasteiger charge is -2.41. The predicted octanol–water partition coefficient (Wildman–Crippen LogP) is 1.43. The van der Waals surface area contributed by atoms with Gasteiger partial charge >= 0.3 is 0 Å². The number of hydrogen-bond acceptors (Lipinski definition) is 4. The number of carbonyl (C=O) groups excluding carboxylic acids is 2. The lowest BCUT2D eigenvalue weighted by molar-refractivity contribution is -0.147. The first kappa shape index (κ1) is 17.7. The third-order valence-corrected chi connectivity index (χ3v) is 5.30. The Morgan fingerprint density at radius 1 is 1.32 bits per heavy atom. The van der Waals surface area contributed by atoms with Crippen LogP contribution in [0.5, 0.6) is 0 Å². The molecular formula is C19H27N3O3. The van der Waals surface area contributed by atoms with Crippen molar-refractivity contribution in [2.75, 3.05) is 25.0 Å². The Morgan fingerprint density at radius 3 is 2.64 bits per heavy atom. The van der Waals surface area contributed by atoms with Gasteiger partial charge in [0.1, 0.15) is 11.6 Å². The van der Waals surface area contributed by atoms with Crippen LogP contribution in [0.1, 0.15) is 37.7 Å². The molecule has 3 rings (SSSR count). The third-order valence-electron chi connectivity index (χ3n) is 5.30. The quantitative estimate of drug-likeness (QED) is 0.754. The Bertz CT molecular complexity index is 623. The van der Waals surface area contributed by atoms with Crippen molar-refractivity contribution in [3.8, 4) is 0 Å². The second-order valence-electron chi connectivity index (χ2n) is 7.10. The predicted molar refractivity (Wildman–Crippen MR) is 96.2 cm³/mol. The van der Waals surface area contributed by atoms with Crippen molar-refractivity contribution in [2.45, 2.75) is 50.6 Å². The minimum absolute atomic E-state index is 0.0149. The van der Waals surface area contributed by atoms with Crippen LogP contribution in [-0.4, -0.2) is 53.1 Å². The van der Waals surface area contributed by atoms with E-state index < -0.39 is 11.6 Å². The molecule has 1 atom stereocenters. The van der Waals surface area contributed by atoms with Crippen LogP contribution >= 0.6 is 0 Å². The Balaban J connectivity index is 1.84. The molecule has 136 valence electrons. The number of aryl methyl sites for hydroxylation is 1.